The lowest BCUT2D eigenvalue weighted by Crippen LogP contribution is -2.71. The Morgan fingerprint density at radius 3 is 2.69 bits per heavy atom. The van der Waals surface area contributed by atoms with Crippen LogP contribution in [0.2, 0.25) is 0 Å². The Morgan fingerprint density at radius 1 is 1.23 bits per heavy atom. The first-order valence-electron chi connectivity index (χ1n) is 10.1. The quantitative estimate of drug-likeness (QED) is 0.857. The van der Waals surface area contributed by atoms with Gasteiger partial charge in [0.25, 0.3) is 0 Å². The van der Waals surface area contributed by atoms with Crippen molar-refractivity contribution in [2.24, 2.45) is 11.7 Å². The van der Waals surface area contributed by atoms with Gasteiger partial charge in [0.2, 0.25) is 0 Å². The van der Waals surface area contributed by atoms with Crippen LogP contribution < -0.4 is 5.73 Å². The number of fused-ring (bicyclic) bond motifs is 4. The van der Waals surface area contributed by atoms with E-state index < -0.39 is 0 Å². The van der Waals surface area contributed by atoms with Crippen molar-refractivity contribution in [2.75, 3.05) is 47.3 Å². The topological polar surface area (TPSA) is 56.0 Å². The van der Waals surface area contributed by atoms with Crippen molar-refractivity contribution in [2.45, 2.75) is 43.3 Å². The van der Waals surface area contributed by atoms with Gasteiger partial charge in [0.1, 0.15) is 5.75 Å². The second kappa shape index (κ2) is 6.79. The van der Waals surface area contributed by atoms with E-state index in [0.717, 1.165) is 31.8 Å². The van der Waals surface area contributed by atoms with Gasteiger partial charge in [-0.05, 0) is 89.1 Å². The number of nitrogens with zero attached hydrogens (tertiary/aromatic N) is 3. The number of piperidine rings is 2. The number of phenolic OH excluding ortho intramolecular Hbond substituents is 1. The van der Waals surface area contributed by atoms with E-state index in [1.165, 1.54) is 37.1 Å². The molecular formula is C21H34N4O. The number of phenols is 1. The molecule has 2 heterocycles. The molecule has 2 bridgehead atoms. The second-order valence-corrected chi connectivity index (χ2v) is 9.01. The predicted molar refractivity (Wildman–Crippen MR) is 105 cm³/mol. The maximum absolute atomic E-state index is 10.1. The molecule has 1 aromatic carbocycles. The molecule has 2 saturated heterocycles. The lowest BCUT2D eigenvalue weighted by atomic mass is 9.66. The van der Waals surface area contributed by atoms with Crippen LogP contribution in [0.5, 0.6) is 5.75 Å². The summed E-state index contributed by atoms with van der Waals surface area (Å²) in [5.41, 5.74) is 9.24. The molecule has 5 nitrogen and oxygen atoms in total. The van der Waals surface area contributed by atoms with Crippen LogP contribution in [0.25, 0.3) is 0 Å². The van der Waals surface area contributed by atoms with E-state index in [0.29, 0.717) is 17.8 Å². The first-order chi connectivity index (χ1) is 12.4. The van der Waals surface area contributed by atoms with Crippen molar-refractivity contribution in [3.63, 3.8) is 0 Å². The molecule has 26 heavy (non-hydrogen) atoms. The summed E-state index contributed by atoms with van der Waals surface area (Å²) in [6.07, 6.45) is 4.53. The third-order valence-corrected chi connectivity index (χ3v) is 7.22. The SMILES string of the molecule is CN1CCC(CN(C)C2C3Cc4ccc(O)cc4C2(N)CCN3C)CC1. The molecule has 2 aliphatic heterocycles. The number of aromatic hydroxyl groups is 1. The van der Waals surface area contributed by atoms with Gasteiger partial charge < -0.3 is 20.6 Å². The molecular weight excluding hydrogens is 324 g/mol. The number of hydrogen-bond acceptors (Lipinski definition) is 5. The second-order valence-electron chi connectivity index (χ2n) is 9.01. The molecule has 0 amide bonds. The number of nitrogens with two attached hydrogens (primary N) is 1. The molecule has 3 aliphatic rings. The van der Waals surface area contributed by atoms with Gasteiger partial charge in [-0.3, -0.25) is 4.90 Å². The van der Waals surface area contributed by atoms with Crippen molar-refractivity contribution in [1.29, 1.82) is 0 Å². The highest BCUT2D eigenvalue weighted by atomic mass is 16.3. The molecule has 0 spiro atoms. The fourth-order valence-corrected chi connectivity index (χ4v) is 5.67. The lowest BCUT2D eigenvalue weighted by Gasteiger charge is -2.57. The summed E-state index contributed by atoms with van der Waals surface area (Å²) in [7, 11) is 6.73. The maximum atomic E-state index is 10.1. The molecule has 3 atom stereocenters. The summed E-state index contributed by atoms with van der Waals surface area (Å²) in [4.78, 5) is 7.48. The van der Waals surface area contributed by atoms with Gasteiger partial charge >= 0.3 is 0 Å². The van der Waals surface area contributed by atoms with E-state index >= 15 is 0 Å². The zero-order valence-electron chi connectivity index (χ0n) is 16.5. The fraction of sp³-hybridized carbons (Fsp3) is 0.714. The van der Waals surface area contributed by atoms with Gasteiger partial charge in [-0.2, -0.15) is 0 Å². The standard InChI is InChI=1S/C21H34N4O/c1-23-9-6-15(7-10-23)14-25(3)20-19-12-16-4-5-17(26)13-18(16)21(20,22)8-11-24(19)2/h4-5,13,15,19-20,26H,6-12,14,22H2,1-3H3. The zero-order chi connectivity index (χ0) is 18.5. The van der Waals surface area contributed by atoms with E-state index in [-0.39, 0.29) is 5.54 Å². The van der Waals surface area contributed by atoms with Crippen molar-refractivity contribution in [1.82, 2.24) is 14.7 Å². The van der Waals surface area contributed by atoms with E-state index in [1.54, 1.807) is 6.07 Å². The van der Waals surface area contributed by atoms with Crippen LogP contribution in [-0.2, 0) is 12.0 Å². The highest BCUT2D eigenvalue weighted by molar-refractivity contribution is 5.45. The Kier molecular flexibility index (Phi) is 4.76. The van der Waals surface area contributed by atoms with Crippen LogP contribution in [-0.4, -0.2) is 79.2 Å². The van der Waals surface area contributed by atoms with Gasteiger partial charge in [-0.15, -0.1) is 0 Å². The van der Waals surface area contributed by atoms with Crippen LogP contribution in [0, 0.1) is 5.92 Å². The Bertz CT molecular complexity index is 657. The Hall–Kier alpha value is -1.14. The Balaban J connectivity index is 1.62. The average Bonchev–Trinajstić information content (AvgIpc) is 2.61. The van der Waals surface area contributed by atoms with E-state index in [4.69, 9.17) is 5.73 Å². The number of benzene rings is 1. The summed E-state index contributed by atoms with van der Waals surface area (Å²) < 4.78 is 0. The highest BCUT2D eigenvalue weighted by Crippen LogP contribution is 2.44. The summed E-state index contributed by atoms with van der Waals surface area (Å²) in [6.45, 7) is 4.55. The van der Waals surface area contributed by atoms with Crippen LogP contribution in [0.15, 0.2) is 18.2 Å². The minimum Gasteiger partial charge on any atom is -0.508 e. The summed E-state index contributed by atoms with van der Waals surface area (Å²) in [6, 6.07) is 6.55. The highest BCUT2D eigenvalue weighted by Gasteiger charge is 2.52. The summed E-state index contributed by atoms with van der Waals surface area (Å²) in [5.74, 6) is 1.10. The summed E-state index contributed by atoms with van der Waals surface area (Å²) in [5, 5.41) is 10.1. The molecule has 2 fully saturated rings. The third-order valence-electron chi connectivity index (χ3n) is 7.22. The molecule has 0 saturated carbocycles. The number of likely N-dealkylation sites (tertiary alicyclic amines) is 2. The fourth-order valence-electron chi connectivity index (χ4n) is 5.67. The molecule has 3 unspecified atom stereocenters. The zero-order valence-corrected chi connectivity index (χ0v) is 16.5. The minimum absolute atomic E-state index is 0.301. The molecule has 4 rings (SSSR count). The number of likely N-dealkylation sites (N-methyl/N-ethyl adjacent to an activating group) is 2. The molecule has 0 radical (unpaired) electrons. The average molecular weight is 359 g/mol. The first-order valence-corrected chi connectivity index (χ1v) is 10.1. The third kappa shape index (κ3) is 3.05. The molecule has 144 valence electrons. The molecule has 1 aromatic rings. The first kappa shape index (κ1) is 18.2. The lowest BCUT2D eigenvalue weighted by molar-refractivity contribution is -0.0120. The molecule has 3 N–H and O–H groups in total. The molecule has 0 aromatic heterocycles. The van der Waals surface area contributed by atoms with Gasteiger partial charge in [-0.25, -0.2) is 0 Å². The molecule has 5 heteroatoms. The monoisotopic (exact) mass is 358 g/mol. The van der Waals surface area contributed by atoms with Gasteiger partial charge in [-0.1, -0.05) is 6.07 Å². The van der Waals surface area contributed by atoms with Crippen LogP contribution in [0.3, 0.4) is 0 Å². The van der Waals surface area contributed by atoms with Crippen LogP contribution in [0.1, 0.15) is 30.4 Å². The maximum Gasteiger partial charge on any atom is 0.115 e. The smallest absolute Gasteiger partial charge is 0.115 e. The van der Waals surface area contributed by atoms with Crippen molar-refractivity contribution < 1.29 is 5.11 Å². The molecule has 1 aliphatic carbocycles. The van der Waals surface area contributed by atoms with Crippen molar-refractivity contribution in [3.8, 4) is 5.75 Å². The van der Waals surface area contributed by atoms with E-state index in [1.807, 2.05) is 6.07 Å². The van der Waals surface area contributed by atoms with Crippen LogP contribution >= 0.6 is 0 Å². The summed E-state index contributed by atoms with van der Waals surface area (Å²) >= 11 is 0. The van der Waals surface area contributed by atoms with E-state index in [2.05, 4.69) is 41.9 Å². The van der Waals surface area contributed by atoms with Crippen LogP contribution in [0.4, 0.5) is 0 Å². The van der Waals surface area contributed by atoms with Gasteiger partial charge in [0.05, 0.1) is 5.54 Å². The largest absolute Gasteiger partial charge is 0.508 e. The van der Waals surface area contributed by atoms with Gasteiger partial charge in [0.15, 0.2) is 0 Å². The number of rotatable bonds is 3. The van der Waals surface area contributed by atoms with E-state index in [9.17, 15) is 5.11 Å². The Labute approximate surface area is 157 Å². The predicted octanol–water partition coefficient (Wildman–Crippen LogP) is 1.45. The van der Waals surface area contributed by atoms with Crippen molar-refractivity contribution >= 4 is 0 Å². The normalized spacial score (nSPS) is 33.4. The van der Waals surface area contributed by atoms with Crippen molar-refractivity contribution in [3.05, 3.63) is 29.3 Å². The van der Waals surface area contributed by atoms with Gasteiger partial charge in [0, 0.05) is 25.2 Å². The minimum atomic E-state index is -0.371. The Morgan fingerprint density at radius 2 is 1.96 bits per heavy atom. The number of hydrogen-bond donors (Lipinski definition) is 2.